The highest BCUT2D eigenvalue weighted by atomic mass is 16.5. The first kappa shape index (κ1) is 14.3. The van der Waals surface area contributed by atoms with Crippen molar-refractivity contribution in [3.8, 4) is 0 Å². The van der Waals surface area contributed by atoms with Gasteiger partial charge in [-0.15, -0.1) is 0 Å². The van der Waals surface area contributed by atoms with E-state index in [1.807, 2.05) is 4.68 Å². The molecule has 0 radical (unpaired) electrons. The van der Waals surface area contributed by atoms with Crippen molar-refractivity contribution in [2.75, 3.05) is 7.11 Å². The fourth-order valence-electron chi connectivity index (χ4n) is 2.75. The van der Waals surface area contributed by atoms with Crippen LogP contribution in [0.3, 0.4) is 0 Å². The predicted molar refractivity (Wildman–Crippen MR) is 74.2 cm³/mol. The van der Waals surface area contributed by atoms with Crippen LogP contribution < -0.4 is 0 Å². The average Bonchev–Trinajstić information content (AvgIpc) is 2.76. The van der Waals surface area contributed by atoms with E-state index in [1.54, 1.807) is 7.11 Å². The molecule has 1 saturated carbocycles. The van der Waals surface area contributed by atoms with Crippen LogP contribution in [0, 0.1) is 0 Å². The van der Waals surface area contributed by atoms with E-state index in [4.69, 9.17) is 4.74 Å². The molecule has 4 heteroatoms. The fraction of sp³-hybridized carbons (Fsp3) is 0.733. The molecule has 0 aromatic carbocycles. The minimum atomic E-state index is -0.165. The van der Waals surface area contributed by atoms with Crippen molar-refractivity contribution < 1.29 is 9.53 Å². The molecule has 0 spiro atoms. The van der Waals surface area contributed by atoms with Crippen molar-refractivity contribution in [1.82, 2.24) is 9.78 Å². The van der Waals surface area contributed by atoms with Crippen molar-refractivity contribution in [1.29, 1.82) is 0 Å². The summed E-state index contributed by atoms with van der Waals surface area (Å²) in [4.78, 5) is 12.2. The molecule has 1 heterocycles. The maximum Gasteiger partial charge on any atom is 0.141 e. The summed E-state index contributed by atoms with van der Waals surface area (Å²) in [5, 5.41) is 4.48. The number of carbonyl (C=O) groups is 1. The van der Waals surface area contributed by atoms with Crippen molar-refractivity contribution >= 4 is 5.78 Å². The number of aromatic nitrogens is 2. The van der Waals surface area contributed by atoms with E-state index in [9.17, 15) is 4.79 Å². The van der Waals surface area contributed by atoms with E-state index in [2.05, 4.69) is 25.0 Å². The maximum absolute atomic E-state index is 12.2. The van der Waals surface area contributed by atoms with Crippen molar-refractivity contribution in [2.45, 2.75) is 64.5 Å². The standard InChI is InChI=1S/C15H24N2O2/c1-4-12-9-13(17(5-2)16-12)10-14(18)11-15(19-3)7-6-8-15/h9H,4-8,10-11H2,1-3H3. The second-order valence-electron chi connectivity index (χ2n) is 5.43. The maximum atomic E-state index is 12.2. The third kappa shape index (κ3) is 3.06. The van der Waals surface area contributed by atoms with Crippen LogP contribution in [0.25, 0.3) is 0 Å². The third-order valence-electron chi connectivity index (χ3n) is 4.17. The normalized spacial score (nSPS) is 17.2. The molecule has 19 heavy (non-hydrogen) atoms. The topological polar surface area (TPSA) is 44.1 Å². The van der Waals surface area contributed by atoms with E-state index in [0.29, 0.717) is 12.8 Å². The molecule has 0 unspecified atom stereocenters. The Kier molecular flexibility index (Phi) is 4.40. The second-order valence-corrected chi connectivity index (χ2v) is 5.43. The van der Waals surface area contributed by atoms with Gasteiger partial charge in [-0.25, -0.2) is 0 Å². The third-order valence-corrected chi connectivity index (χ3v) is 4.17. The van der Waals surface area contributed by atoms with Crippen LogP contribution in [0.15, 0.2) is 6.07 Å². The molecule has 0 atom stereocenters. The van der Waals surface area contributed by atoms with E-state index in [-0.39, 0.29) is 11.4 Å². The Balaban J connectivity index is 2.00. The summed E-state index contributed by atoms with van der Waals surface area (Å²) >= 11 is 0. The lowest BCUT2D eigenvalue weighted by Crippen LogP contribution is -2.41. The number of carbonyl (C=O) groups excluding carboxylic acids is 1. The highest BCUT2D eigenvalue weighted by Gasteiger charge is 2.38. The highest BCUT2D eigenvalue weighted by molar-refractivity contribution is 5.81. The number of ketones is 1. The van der Waals surface area contributed by atoms with Crippen molar-refractivity contribution in [3.05, 3.63) is 17.5 Å². The molecule has 1 aliphatic rings. The van der Waals surface area contributed by atoms with Gasteiger partial charge in [0, 0.05) is 32.2 Å². The van der Waals surface area contributed by atoms with Crippen LogP contribution in [0.5, 0.6) is 0 Å². The van der Waals surface area contributed by atoms with Gasteiger partial charge in [0.2, 0.25) is 0 Å². The number of hydrogen-bond acceptors (Lipinski definition) is 3. The smallest absolute Gasteiger partial charge is 0.141 e. The molecule has 1 fully saturated rings. The van der Waals surface area contributed by atoms with Gasteiger partial charge in [0.05, 0.1) is 11.3 Å². The van der Waals surface area contributed by atoms with E-state index >= 15 is 0 Å². The molecule has 0 aliphatic heterocycles. The number of ether oxygens (including phenoxy) is 1. The summed E-state index contributed by atoms with van der Waals surface area (Å²) < 4.78 is 7.46. The Morgan fingerprint density at radius 2 is 2.21 bits per heavy atom. The summed E-state index contributed by atoms with van der Waals surface area (Å²) in [6.07, 6.45) is 5.14. The van der Waals surface area contributed by atoms with Gasteiger partial charge in [-0.3, -0.25) is 9.48 Å². The van der Waals surface area contributed by atoms with Crippen LogP contribution >= 0.6 is 0 Å². The largest absolute Gasteiger partial charge is 0.378 e. The first-order valence-electron chi connectivity index (χ1n) is 7.25. The van der Waals surface area contributed by atoms with Crippen LogP contribution in [0.4, 0.5) is 0 Å². The summed E-state index contributed by atoms with van der Waals surface area (Å²) in [6, 6.07) is 2.06. The Bertz CT molecular complexity index is 441. The summed E-state index contributed by atoms with van der Waals surface area (Å²) in [5.74, 6) is 0.263. The molecule has 1 aromatic heterocycles. The molecule has 0 saturated heterocycles. The minimum Gasteiger partial charge on any atom is -0.378 e. The molecule has 4 nitrogen and oxygen atoms in total. The van der Waals surface area contributed by atoms with Gasteiger partial charge in [-0.1, -0.05) is 6.92 Å². The molecule has 106 valence electrons. The highest BCUT2D eigenvalue weighted by Crippen LogP contribution is 2.38. The molecule has 1 aliphatic carbocycles. The van der Waals surface area contributed by atoms with Crippen LogP contribution in [-0.2, 0) is 28.9 Å². The minimum absolute atomic E-state index is 0.165. The Morgan fingerprint density at radius 1 is 1.47 bits per heavy atom. The van der Waals surface area contributed by atoms with Gasteiger partial charge in [-0.2, -0.15) is 5.10 Å². The molecule has 0 bridgehead atoms. The van der Waals surface area contributed by atoms with Gasteiger partial charge in [0.1, 0.15) is 5.78 Å². The molecule has 1 aromatic rings. The molecule has 2 rings (SSSR count). The van der Waals surface area contributed by atoms with Gasteiger partial charge in [0.15, 0.2) is 0 Å². The number of hydrogen-bond donors (Lipinski definition) is 0. The van der Waals surface area contributed by atoms with Crippen molar-refractivity contribution in [3.63, 3.8) is 0 Å². The number of nitrogens with zero attached hydrogens (tertiary/aromatic N) is 2. The average molecular weight is 264 g/mol. The van der Waals surface area contributed by atoms with Crippen molar-refractivity contribution in [2.24, 2.45) is 0 Å². The zero-order valence-corrected chi connectivity index (χ0v) is 12.2. The van der Waals surface area contributed by atoms with Gasteiger partial charge in [0.25, 0.3) is 0 Å². The van der Waals surface area contributed by atoms with Gasteiger partial charge in [-0.05, 0) is 38.7 Å². The van der Waals surface area contributed by atoms with Gasteiger partial charge >= 0.3 is 0 Å². The van der Waals surface area contributed by atoms with E-state index in [0.717, 1.165) is 37.2 Å². The van der Waals surface area contributed by atoms with Crippen LogP contribution in [0.1, 0.15) is 50.9 Å². The lowest BCUT2D eigenvalue weighted by molar-refractivity contribution is -0.131. The molecular formula is C15H24N2O2. The van der Waals surface area contributed by atoms with Crippen LogP contribution in [0.2, 0.25) is 0 Å². The summed E-state index contributed by atoms with van der Waals surface area (Å²) in [5.41, 5.74) is 1.94. The first-order chi connectivity index (χ1) is 9.12. The molecular weight excluding hydrogens is 240 g/mol. The second kappa shape index (κ2) is 5.87. The first-order valence-corrected chi connectivity index (χ1v) is 7.25. The lowest BCUT2D eigenvalue weighted by Gasteiger charge is -2.40. The SMILES string of the molecule is CCc1cc(CC(=O)CC2(OC)CCC2)n(CC)n1. The van der Waals surface area contributed by atoms with Crippen LogP contribution in [-0.4, -0.2) is 28.3 Å². The van der Waals surface area contributed by atoms with E-state index < -0.39 is 0 Å². The fourth-order valence-corrected chi connectivity index (χ4v) is 2.75. The Labute approximate surface area is 115 Å². The van der Waals surface area contributed by atoms with E-state index in [1.165, 1.54) is 6.42 Å². The molecule has 0 amide bonds. The lowest BCUT2D eigenvalue weighted by atomic mass is 9.76. The zero-order chi connectivity index (χ0) is 13.9. The Hall–Kier alpha value is -1.16. The Morgan fingerprint density at radius 3 is 2.68 bits per heavy atom. The monoisotopic (exact) mass is 264 g/mol. The zero-order valence-electron chi connectivity index (χ0n) is 12.2. The number of aryl methyl sites for hydroxylation is 2. The number of Topliss-reactive ketones (excluding diaryl/α,β-unsaturated/α-hetero) is 1. The summed E-state index contributed by atoms with van der Waals surface area (Å²) in [6.45, 7) is 4.96. The summed E-state index contributed by atoms with van der Waals surface area (Å²) in [7, 11) is 1.72. The molecule has 0 N–H and O–H groups in total. The quantitative estimate of drug-likeness (QED) is 0.760. The predicted octanol–water partition coefficient (Wildman–Crippen LogP) is 2.54. The van der Waals surface area contributed by atoms with Gasteiger partial charge < -0.3 is 4.74 Å². The number of methoxy groups -OCH3 is 1. The number of rotatable bonds is 7.